The third-order valence-corrected chi connectivity index (χ3v) is 2.32. The van der Waals surface area contributed by atoms with Gasteiger partial charge in [0, 0.05) is 25.8 Å². The maximum Gasteiger partial charge on any atom is 0.330 e. The average Bonchev–Trinajstić information content (AvgIpc) is 2.70. The molecule has 3 heterocycles. The van der Waals surface area contributed by atoms with Crippen molar-refractivity contribution < 1.29 is 28.8 Å². The SMILES string of the molecule is CC(=O)ON1C(=O)CCC1=O.O=C1C=C2C(=O)N12. The first-order valence-corrected chi connectivity index (χ1v) is 5.06. The molecule has 0 unspecified atom stereocenters. The van der Waals surface area contributed by atoms with Crippen LogP contribution in [0.3, 0.4) is 0 Å². The minimum atomic E-state index is -0.659. The Balaban J connectivity index is 0.000000146. The Hall–Kier alpha value is -2.51. The van der Waals surface area contributed by atoms with Crippen molar-refractivity contribution >= 4 is 29.6 Å². The van der Waals surface area contributed by atoms with Crippen molar-refractivity contribution in [1.82, 2.24) is 9.96 Å². The van der Waals surface area contributed by atoms with Gasteiger partial charge in [0.2, 0.25) is 0 Å². The van der Waals surface area contributed by atoms with Gasteiger partial charge in [-0.15, -0.1) is 5.06 Å². The van der Waals surface area contributed by atoms with Gasteiger partial charge in [-0.1, -0.05) is 0 Å². The van der Waals surface area contributed by atoms with Crippen LogP contribution in [0.4, 0.5) is 0 Å². The van der Waals surface area contributed by atoms with E-state index in [0.29, 0.717) is 10.8 Å². The Kier molecular flexibility index (Phi) is 2.70. The summed E-state index contributed by atoms with van der Waals surface area (Å²) >= 11 is 0. The molecule has 8 nitrogen and oxygen atoms in total. The molecule has 0 saturated carbocycles. The van der Waals surface area contributed by atoms with E-state index in [1.165, 1.54) is 6.08 Å². The molecule has 0 atom stereocenters. The number of nitrogens with zero attached hydrogens (tertiary/aromatic N) is 2. The number of carbonyl (C=O) groups is 5. The van der Waals surface area contributed by atoms with E-state index in [1.54, 1.807) is 0 Å². The van der Waals surface area contributed by atoms with Crippen LogP contribution in [0.15, 0.2) is 11.8 Å². The van der Waals surface area contributed by atoms with Gasteiger partial charge in [0.15, 0.2) is 0 Å². The number of hydrogen-bond donors (Lipinski definition) is 0. The van der Waals surface area contributed by atoms with E-state index in [2.05, 4.69) is 4.84 Å². The van der Waals surface area contributed by atoms with Crippen LogP contribution in [0.5, 0.6) is 0 Å². The van der Waals surface area contributed by atoms with Crippen LogP contribution in [-0.4, -0.2) is 39.6 Å². The molecule has 0 aromatic carbocycles. The van der Waals surface area contributed by atoms with Crippen molar-refractivity contribution in [3.05, 3.63) is 11.8 Å². The highest BCUT2D eigenvalue weighted by atomic mass is 16.7. The van der Waals surface area contributed by atoms with Crippen LogP contribution in [0, 0.1) is 0 Å². The molecule has 4 amide bonds. The van der Waals surface area contributed by atoms with Crippen molar-refractivity contribution in [1.29, 1.82) is 0 Å². The van der Waals surface area contributed by atoms with Gasteiger partial charge in [0.1, 0.15) is 5.70 Å². The van der Waals surface area contributed by atoms with E-state index in [0.717, 1.165) is 11.8 Å². The zero-order chi connectivity index (χ0) is 13.4. The second-order valence-corrected chi connectivity index (χ2v) is 3.67. The number of hydrogen-bond acceptors (Lipinski definition) is 6. The Morgan fingerprint density at radius 3 is 1.94 bits per heavy atom. The lowest BCUT2D eigenvalue weighted by molar-refractivity contribution is -0.195. The maximum absolute atomic E-state index is 10.7. The van der Waals surface area contributed by atoms with Gasteiger partial charge in [0.25, 0.3) is 23.6 Å². The van der Waals surface area contributed by atoms with E-state index >= 15 is 0 Å². The molecule has 0 aliphatic carbocycles. The average molecular weight is 252 g/mol. The summed E-state index contributed by atoms with van der Waals surface area (Å²) in [6, 6.07) is 0. The largest absolute Gasteiger partial charge is 0.331 e. The molecule has 0 aromatic rings. The van der Waals surface area contributed by atoms with Crippen LogP contribution in [-0.2, 0) is 28.8 Å². The number of hydroxylamine groups is 2. The summed E-state index contributed by atoms with van der Waals surface area (Å²) in [5.74, 6) is -1.85. The molecule has 0 N–H and O–H groups in total. The standard InChI is InChI=1S/C6H7NO4.C4HNO2/c1-4(8)11-7-5(9)2-3-6(7)10;6-3-1-2-4(7)5(2)3/h2-3H2,1H3;1H. The lowest BCUT2D eigenvalue weighted by Crippen LogP contribution is -2.30. The first-order chi connectivity index (χ1) is 8.41. The van der Waals surface area contributed by atoms with Crippen LogP contribution >= 0.6 is 0 Å². The molecule has 0 aromatic heterocycles. The number of carbonyl (C=O) groups excluding carboxylic acids is 5. The second kappa shape index (κ2) is 4.06. The van der Waals surface area contributed by atoms with Crippen molar-refractivity contribution in [3.63, 3.8) is 0 Å². The molecule has 2 saturated heterocycles. The predicted molar refractivity (Wildman–Crippen MR) is 52.8 cm³/mol. The molecule has 3 rings (SSSR count). The predicted octanol–water partition coefficient (Wildman–Crippen LogP) is -1.13. The van der Waals surface area contributed by atoms with Crippen molar-refractivity contribution in [2.24, 2.45) is 0 Å². The summed E-state index contributed by atoms with van der Waals surface area (Å²) in [5.41, 5.74) is 0.574. The summed E-state index contributed by atoms with van der Waals surface area (Å²) in [4.78, 5) is 57.5. The van der Waals surface area contributed by atoms with E-state index in [4.69, 9.17) is 0 Å². The highest BCUT2D eigenvalue weighted by molar-refractivity contribution is 6.32. The minimum absolute atomic E-state index is 0.120. The number of imide groups is 2. The molecule has 0 spiro atoms. The smallest absolute Gasteiger partial charge is 0.330 e. The molecule has 8 heteroatoms. The fourth-order valence-electron chi connectivity index (χ4n) is 1.41. The van der Waals surface area contributed by atoms with Crippen LogP contribution in [0.1, 0.15) is 19.8 Å². The molecule has 3 aliphatic heterocycles. The van der Waals surface area contributed by atoms with Crippen molar-refractivity contribution in [3.8, 4) is 0 Å². The summed E-state index contributed by atoms with van der Waals surface area (Å²) < 4.78 is 0. The monoisotopic (exact) mass is 252 g/mol. The Bertz CT molecular complexity index is 496. The number of fused-ring (bicyclic) bond motifs is 1. The fourth-order valence-corrected chi connectivity index (χ4v) is 1.41. The van der Waals surface area contributed by atoms with Gasteiger partial charge in [-0.25, -0.2) is 9.69 Å². The van der Waals surface area contributed by atoms with Gasteiger partial charge in [0.05, 0.1) is 0 Å². The first-order valence-electron chi connectivity index (χ1n) is 5.06. The van der Waals surface area contributed by atoms with Crippen molar-refractivity contribution in [2.75, 3.05) is 0 Å². The summed E-state index contributed by atoms with van der Waals surface area (Å²) in [6.07, 6.45) is 1.60. The topological polar surface area (TPSA) is 101 Å². The van der Waals surface area contributed by atoms with Crippen LogP contribution in [0.25, 0.3) is 0 Å². The molecule has 94 valence electrons. The van der Waals surface area contributed by atoms with E-state index in [9.17, 15) is 24.0 Å². The Morgan fingerprint density at radius 1 is 1.17 bits per heavy atom. The normalized spacial score (nSPS) is 19.7. The lowest BCUT2D eigenvalue weighted by atomic mass is 10.4. The lowest BCUT2D eigenvalue weighted by Gasteiger charge is -2.09. The Labute approximate surface area is 101 Å². The molecule has 0 radical (unpaired) electrons. The summed E-state index contributed by atoms with van der Waals surface area (Å²) in [6.45, 7) is 1.14. The molecule has 0 bridgehead atoms. The second-order valence-electron chi connectivity index (χ2n) is 3.67. The fraction of sp³-hybridized carbons (Fsp3) is 0.300. The maximum atomic E-state index is 10.7. The zero-order valence-corrected chi connectivity index (χ0v) is 9.34. The van der Waals surface area contributed by atoms with Gasteiger partial charge >= 0.3 is 5.97 Å². The van der Waals surface area contributed by atoms with E-state index in [-0.39, 0.29) is 24.7 Å². The third-order valence-electron chi connectivity index (χ3n) is 2.32. The quantitative estimate of drug-likeness (QED) is 0.432. The molecular formula is C10H8N2O6. The number of rotatable bonds is 1. The number of amides is 4. The molecule has 2 fully saturated rings. The zero-order valence-electron chi connectivity index (χ0n) is 9.34. The van der Waals surface area contributed by atoms with E-state index in [1.807, 2.05) is 0 Å². The highest BCUT2D eigenvalue weighted by Gasteiger charge is 2.52. The third kappa shape index (κ3) is 1.99. The van der Waals surface area contributed by atoms with Crippen LogP contribution < -0.4 is 0 Å². The summed E-state index contributed by atoms with van der Waals surface area (Å²) in [5, 5.41) is 0.516. The molecule has 18 heavy (non-hydrogen) atoms. The van der Waals surface area contributed by atoms with Gasteiger partial charge < -0.3 is 4.84 Å². The minimum Gasteiger partial charge on any atom is -0.331 e. The summed E-state index contributed by atoms with van der Waals surface area (Å²) in [7, 11) is 0. The molecular weight excluding hydrogens is 244 g/mol. The Morgan fingerprint density at radius 2 is 1.72 bits per heavy atom. The van der Waals surface area contributed by atoms with E-state index < -0.39 is 17.8 Å². The molecule has 3 aliphatic rings. The van der Waals surface area contributed by atoms with Gasteiger partial charge in [-0.3, -0.25) is 19.2 Å². The van der Waals surface area contributed by atoms with Crippen LogP contribution in [0.2, 0.25) is 0 Å². The highest BCUT2D eigenvalue weighted by Crippen LogP contribution is 2.33. The first kappa shape index (κ1) is 12.0. The van der Waals surface area contributed by atoms with Gasteiger partial charge in [-0.05, 0) is 0 Å². The van der Waals surface area contributed by atoms with Crippen molar-refractivity contribution in [2.45, 2.75) is 19.8 Å². The van der Waals surface area contributed by atoms with Gasteiger partial charge in [-0.2, -0.15) is 0 Å².